The van der Waals surface area contributed by atoms with E-state index in [0.29, 0.717) is 18.8 Å². The Hall–Kier alpha value is -1.64. The predicted molar refractivity (Wildman–Crippen MR) is 71.6 cm³/mol. The summed E-state index contributed by atoms with van der Waals surface area (Å²) in [6.45, 7) is 1.14. The van der Waals surface area contributed by atoms with Gasteiger partial charge in [0.2, 0.25) is 0 Å². The van der Waals surface area contributed by atoms with Crippen LogP contribution in [0, 0.1) is 0 Å². The van der Waals surface area contributed by atoms with Crippen molar-refractivity contribution >= 4 is 15.7 Å². The van der Waals surface area contributed by atoms with E-state index < -0.39 is 9.84 Å². The normalized spacial score (nSPS) is 16.9. The summed E-state index contributed by atoms with van der Waals surface area (Å²) in [4.78, 5) is 0.120. The van der Waals surface area contributed by atoms with Crippen molar-refractivity contribution in [3.8, 4) is 0 Å². The van der Waals surface area contributed by atoms with Gasteiger partial charge < -0.3 is 20.4 Å². The molecule has 0 radical (unpaired) electrons. The smallest absolute Gasteiger partial charge is 0.180 e. The summed E-state index contributed by atoms with van der Waals surface area (Å²) in [6.07, 6.45) is -0.00583. The standard InChI is InChI=1S/C12H16N2O5S/c13-12(14-15)9-2-1-3-11(6-9)20(16,17)5-4-19-10-7-18-8-10/h1-3,6,10,15H,4-5,7-8H2,(H2,13,14). The second kappa shape index (κ2) is 6.21. The van der Waals surface area contributed by atoms with Crippen LogP contribution in [0.15, 0.2) is 34.3 Å². The summed E-state index contributed by atoms with van der Waals surface area (Å²) in [5.41, 5.74) is 5.79. The molecule has 3 N–H and O–H groups in total. The van der Waals surface area contributed by atoms with Crippen LogP contribution in [-0.4, -0.2) is 51.1 Å². The van der Waals surface area contributed by atoms with Crippen LogP contribution in [0.4, 0.5) is 0 Å². The first kappa shape index (κ1) is 14.8. The van der Waals surface area contributed by atoms with Crippen molar-refractivity contribution in [1.82, 2.24) is 0 Å². The van der Waals surface area contributed by atoms with Crippen LogP contribution < -0.4 is 5.73 Å². The monoisotopic (exact) mass is 300 g/mol. The molecule has 0 spiro atoms. The van der Waals surface area contributed by atoms with Crippen LogP contribution in [0.1, 0.15) is 5.56 Å². The predicted octanol–water partition coefficient (Wildman–Crippen LogP) is -0.0298. The average molecular weight is 300 g/mol. The van der Waals surface area contributed by atoms with Crippen molar-refractivity contribution in [3.63, 3.8) is 0 Å². The van der Waals surface area contributed by atoms with E-state index in [2.05, 4.69) is 5.16 Å². The molecule has 7 nitrogen and oxygen atoms in total. The molecule has 0 aliphatic carbocycles. The molecule has 0 saturated carbocycles. The Labute approximate surface area is 116 Å². The van der Waals surface area contributed by atoms with E-state index in [1.807, 2.05) is 0 Å². The first-order valence-corrected chi connectivity index (χ1v) is 7.68. The molecule has 110 valence electrons. The maximum Gasteiger partial charge on any atom is 0.180 e. The number of amidine groups is 1. The minimum absolute atomic E-state index is 0.00583. The lowest BCUT2D eigenvalue weighted by atomic mass is 10.2. The summed E-state index contributed by atoms with van der Waals surface area (Å²) < 4.78 is 34.5. The molecule has 0 amide bonds. The molecule has 1 saturated heterocycles. The third-order valence-electron chi connectivity index (χ3n) is 2.91. The van der Waals surface area contributed by atoms with Gasteiger partial charge >= 0.3 is 0 Å². The van der Waals surface area contributed by atoms with Gasteiger partial charge in [-0.05, 0) is 12.1 Å². The maximum absolute atomic E-state index is 12.1. The van der Waals surface area contributed by atoms with Gasteiger partial charge in [0.05, 0.1) is 30.5 Å². The van der Waals surface area contributed by atoms with E-state index in [9.17, 15) is 8.42 Å². The van der Waals surface area contributed by atoms with Crippen LogP contribution in [0.5, 0.6) is 0 Å². The van der Waals surface area contributed by atoms with Crippen molar-refractivity contribution < 1.29 is 23.1 Å². The zero-order valence-corrected chi connectivity index (χ0v) is 11.5. The van der Waals surface area contributed by atoms with E-state index >= 15 is 0 Å². The fraction of sp³-hybridized carbons (Fsp3) is 0.417. The Morgan fingerprint density at radius 1 is 1.50 bits per heavy atom. The van der Waals surface area contributed by atoms with E-state index in [4.69, 9.17) is 20.4 Å². The molecule has 1 aromatic rings. The molecular weight excluding hydrogens is 284 g/mol. The van der Waals surface area contributed by atoms with Gasteiger partial charge in [0, 0.05) is 5.56 Å². The van der Waals surface area contributed by atoms with Gasteiger partial charge in [-0.1, -0.05) is 17.3 Å². The highest BCUT2D eigenvalue weighted by molar-refractivity contribution is 7.91. The number of nitrogens with zero attached hydrogens (tertiary/aromatic N) is 1. The number of sulfone groups is 1. The summed E-state index contributed by atoms with van der Waals surface area (Å²) in [5, 5.41) is 11.4. The van der Waals surface area contributed by atoms with E-state index in [-0.39, 0.29) is 29.2 Å². The number of oxime groups is 1. The van der Waals surface area contributed by atoms with Gasteiger partial charge in [0.1, 0.15) is 6.10 Å². The lowest BCUT2D eigenvalue weighted by molar-refractivity contribution is -0.126. The lowest BCUT2D eigenvalue weighted by Gasteiger charge is -2.25. The SMILES string of the molecule is N/C(=N/O)c1cccc(S(=O)(=O)CCOC2COC2)c1. The molecule has 0 bridgehead atoms. The van der Waals surface area contributed by atoms with Crippen molar-refractivity contribution in [2.45, 2.75) is 11.0 Å². The number of hydrogen-bond donors (Lipinski definition) is 2. The van der Waals surface area contributed by atoms with Crippen molar-refractivity contribution in [2.75, 3.05) is 25.6 Å². The van der Waals surface area contributed by atoms with Crippen LogP contribution in [-0.2, 0) is 19.3 Å². The summed E-state index contributed by atoms with van der Waals surface area (Å²) in [6, 6.07) is 5.95. The van der Waals surface area contributed by atoms with Gasteiger partial charge in [0.25, 0.3) is 0 Å². The second-order valence-corrected chi connectivity index (χ2v) is 6.47. The Balaban J connectivity index is 2.04. The second-order valence-electron chi connectivity index (χ2n) is 4.36. The number of rotatable bonds is 6. The van der Waals surface area contributed by atoms with Gasteiger partial charge in [-0.2, -0.15) is 0 Å². The fourth-order valence-electron chi connectivity index (χ4n) is 1.66. The first-order chi connectivity index (χ1) is 9.53. The Bertz CT molecular complexity index is 596. The largest absolute Gasteiger partial charge is 0.409 e. The molecule has 0 atom stereocenters. The number of benzene rings is 1. The average Bonchev–Trinajstić information content (AvgIpc) is 2.41. The number of hydrogen-bond acceptors (Lipinski definition) is 6. The molecule has 1 heterocycles. The van der Waals surface area contributed by atoms with Crippen LogP contribution >= 0.6 is 0 Å². The van der Waals surface area contributed by atoms with Gasteiger partial charge in [-0.25, -0.2) is 8.42 Å². The Kier molecular flexibility index (Phi) is 4.58. The van der Waals surface area contributed by atoms with Crippen molar-refractivity contribution in [3.05, 3.63) is 29.8 Å². The highest BCUT2D eigenvalue weighted by Gasteiger charge is 2.21. The third-order valence-corrected chi connectivity index (χ3v) is 4.59. The van der Waals surface area contributed by atoms with Gasteiger partial charge in [-0.15, -0.1) is 0 Å². The zero-order valence-electron chi connectivity index (χ0n) is 10.7. The third kappa shape index (κ3) is 3.47. The minimum atomic E-state index is -3.46. The van der Waals surface area contributed by atoms with E-state index in [1.54, 1.807) is 12.1 Å². The molecular formula is C12H16N2O5S. The molecule has 1 fully saturated rings. The Morgan fingerprint density at radius 3 is 2.85 bits per heavy atom. The van der Waals surface area contributed by atoms with Crippen LogP contribution in [0.2, 0.25) is 0 Å². The summed E-state index contributed by atoms with van der Waals surface area (Å²) in [5.74, 6) is -0.256. The topological polar surface area (TPSA) is 111 Å². The zero-order chi connectivity index (χ0) is 14.6. The highest BCUT2D eigenvalue weighted by Crippen LogP contribution is 2.14. The Morgan fingerprint density at radius 2 is 2.25 bits per heavy atom. The van der Waals surface area contributed by atoms with E-state index in [0.717, 1.165) is 0 Å². The molecule has 1 aliphatic heterocycles. The number of nitrogens with two attached hydrogens (primary N) is 1. The molecule has 0 unspecified atom stereocenters. The molecule has 1 aliphatic rings. The lowest BCUT2D eigenvalue weighted by Crippen LogP contribution is -2.37. The maximum atomic E-state index is 12.1. The van der Waals surface area contributed by atoms with Gasteiger partial charge in [0.15, 0.2) is 15.7 Å². The van der Waals surface area contributed by atoms with E-state index in [1.165, 1.54) is 12.1 Å². The van der Waals surface area contributed by atoms with Crippen LogP contribution in [0.3, 0.4) is 0 Å². The van der Waals surface area contributed by atoms with Crippen molar-refractivity contribution in [1.29, 1.82) is 0 Å². The number of ether oxygens (including phenoxy) is 2. The summed E-state index contributed by atoms with van der Waals surface area (Å²) in [7, 11) is -3.46. The molecule has 1 aromatic carbocycles. The minimum Gasteiger partial charge on any atom is -0.409 e. The van der Waals surface area contributed by atoms with Crippen molar-refractivity contribution in [2.24, 2.45) is 10.9 Å². The first-order valence-electron chi connectivity index (χ1n) is 6.03. The summed E-state index contributed by atoms with van der Waals surface area (Å²) >= 11 is 0. The highest BCUT2D eigenvalue weighted by atomic mass is 32.2. The van der Waals surface area contributed by atoms with Crippen LogP contribution in [0.25, 0.3) is 0 Å². The molecule has 0 aromatic heterocycles. The fourth-order valence-corrected chi connectivity index (χ4v) is 2.80. The quantitative estimate of drug-likeness (QED) is 0.330. The molecule has 8 heteroatoms. The van der Waals surface area contributed by atoms with Gasteiger partial charge in [-0.3, -0.25) is 0 Å². The molecule has 20 heavy (non-hydrogen) atoms. The molecule has 2 rings (SSSR count).